The third-order valence-electron chi connectivity index (χ3n) is 6.08. The number of hydrogen-bond acceptors (Lipinski definition) is 1. The van der Waals surface area contributed by atoms with Crippen molar-refractivity contribution in [2.75, 3.05) is 0 Å². The zero-order chi connectivity index (χ0) is 11.3. The summed E-state index contributed by atoms with van der Waals surface area (Å²) < 4.78 is 0. The second-order valence-corrected chi connectivity index (χ2v) is 6.82. The molecule has 4 saturated carbocycles. The first-order chi connectivity index (χ1) is 7.69. The fraction of sp³-hybridized carbons (Fsp3) is 1.00. The van der Waals surface area contributed by atoms with E-state index in [4.69, 9.17) is 5.73 Å². The molecule has 4 fully saturated rings. The summed E-state index contributed by atoms with van der Waals surface area (Å²) in [6.45, 7) is 4.69. The molecule has 0 aliphatic heterocycles. The highest BCUT2D eigenvalue weighted by Gasteiger charge is 2.59. The van der Waals surface area contributed by atoms with Crippen molar-refractivity contribution in [3.8, 4) is 0 Å². The Kier molecular flexibility index (Phi) is 2.58. The van der Waals surface area contributed by atoms with Gasteiger partial charge < -0.3 is 5.73 Å². The molecule has 4 aliphatic rings. The molecule has 2 N–H and O–H groups in total. The maximum absolute atomic E-state index is 6.91. The van der Waals surface area contributed by atoms with Gasteiger partial charge >= 0.3 is 0 Å². The van der Waals surface area contributed by atoms with E-state index in [1.165, 1.54) is 44.9 Å². The SMILES string of the molecule is CCCC1C2CC3CC(C2)C(CC)[C@@]1(N)C3. The average Bonchev–Trinajstić information content (AvgIpc) is 2.23. The molecule has 0 aromatic rings. The van der Waals surface area contributed by atoms with Gasteiger partial charge in [-0.05, 0) is 61.7 Å². The van der Waals surface area contributed by atoms with E-state index in [0.29, 0.717) is 0 Å². The van der Waals surface area contributed by atoms with Crippen molar-refractivity contribution in [3.63, 3.8) is 0 Å². The van der Waals surface area contributed by atoms with Gasteiger partial charge in [0.25, 0.3) is 0 Å². The molecular formula is C15H27N. The Morgan fingerprint density at radius 1 is 1.06 bits per heavy atom. The molecule has 0 aromatic carbocycles. The van der Waals surface area contributed by atoms with Gasteiger partial charge in [0.05, 0.1) is 0 Å². The Hall–Kier alpha value is -0.0400. The minimum absolute atomic E-state index is 0.236. The first-order valence-electron chi connectivity index (χ1n) is 7.47. The predicted octanol–water partition coefficient (Wildman–Crippen LogP) is 3.58. The fourth-order valence-electron chi connectivity index (χ4n) is 5.84. The van der Waals surface area contributed by atoms with Crippen molar-refractivity contribution in [2.45, 2.75) is 64.3 Å². The topological polar surface area (TPSA) is 26.0 Å². The summed E-state index contributed by atoms with van der Waals surface area (Å²) in [4.78, 5) is 0. The highest BCUT2D eigenvalue weighted by Crippen LogP contribution is 2.61. The van der Waals surface area contributed by atoms with Gasteiger partial charge in [0.2, 0.25) is 0 Å². The van der Waals surface area contributed by atoms with Crippen LogP contribution in [0.5, 0.6) is 0 Å². The van der Waals surface area contributed by atoms with Crippen LogP contribution in [0.1, 0.15) is 58.8 Å². The van der Waals surface area contributed by atoms with Gasteiger partial charge in [-0.1, -0.05) is 26.7 Å². The molecule has 5 unspecified atom stereocenters. The van der Waals surface area contributed by atoms with Crippen molar-refractivity contribution in [2.24, 2.45) is 35.3 Å². The molecule has 0 amide bonds. The van der Waals surface area contributed by atoms with E-state index in [0.717, 1.165) is 29.6 Å². The van der Waals surface area contributed by atoms with Gasteiger partial charge in [-0.3, -0.25) is 0 Å². The minimum atomic E-state index is 0.236. The molecule has 16 heavy (non-hydrogen) atoms. The molecule has 1 nitrogen and oxygen atoms in total. The zero-order valence-electron chi connectivity index (χ0n) is 10.9. The van der Waals surface area contributed by atoms with Gasteiger partial charge in [-0.25, -0.2) is 0 Å². The van der Waals surface area contributed by atoms with Crippen LogP contribution in [0.3, 0.4) is 0 Å². The summed E-state index contributed by atoms with van der Waals surface area (Å²) in [6.07, 6.45) is 9.91. The lowest BCUT2D eigenvalue weighted by atomic mass is 9.43. The molecule has 0 radical (unpaired) electrons. The molecule has 4 aliphatic carbocycles. The Morgan fingerprint density at radius 2 is 1.75 bits per heavy atom. The molecule has 0 heterocycles. The van der Waals surface area contributed by atoms with Crippen LogP contribution in [0.4, 0.5) is 0 Å². The van der Waals surface area contributed by atoms with Crippen molar-refractivity contribution in [1.82, 2.24) is 0 Å². The van der Waals surface area contributed by atoms with E-state index in [2.05, 4.69) is 13.8 Å². The van der Waals surface area contributed by atoms with Crippen LogP contribution in [0, 0.1) is 29.6 Å². The lowest BCUT2D eigenvalue weighted by molar-refractivity contribution is -0.107. The highest BCUT2D eigenvalue weighted by atomic mass is 14.8. The zero-order valence-corrected chi connectivity index (χ0v) is 10.9. The Bertz CT molecular complexity index is 275. The van der Waals surface area contributed by atoms with E-state index < -0.39 is 0 Å². The van der Waals surface area contributed by atoms with Crippen LogP contribution >= 0.6 is 0 Å². The largest absolute Gasteiger partial charge is 0.325 e. The van der Waals surface area contributed by atoms with Gasteiger partial charge in [0.15, 0.2) is 0 Å². The summed E-state index contributed by atoms with van der Waals surface area (Å²) in [5.74, 6) is 4.67. The molecule has 0 spiro atoms. The predicted molar refractivity (Wildman–Crippen MR) is 68.0 cm³/mol. The summed E-state index contributed by atoms with van der Waals surface area (Å²) in [5, 5.41) is 0. The number of nitrogens with two attached hydrogens (primary N) is 1. The normalized spacial score (nSPS) is 54.6. The second-order valence-electron chi connectivity index (χ2n) is 6.82. The van der Waals surface area contributed by atoms with Gasteiger partial charge in [0.1, 0.15) is 0 Å². The van der Waals surface area contributed by atoms with Crippen molar-refractivity contribution in [3.05, 3.63) is 0 Å². The number of hydrogen-bond donors (Lipinski definition) is 1. The van der Waals surface area contributed by atoms with E-state index in [1.54, 1.807) is 0 Å². The minimum Gasteiger partial charge on any atom is -0.325 e. The highest BCUT2D eigenvalue weighted by molar-refractivity contribution is 5.13. The Labute approximate surface area is 100 Å². The van der Waals surface area contributed by atoms with E-state index in [9.17, 15) is 0 Å². The second kappa shape index (κ2) is 3.73. The standard InChI is InChI=1S/C15H27N/c1-3-5-14-12-7-10-6-11(8-12)13(4-2)15(14,16)9-10/h10-14H,3-9,16H2,1-2H3/t10?,11?,12?,13?,14?,15-/m0/s1. The van der Waals surface area contributed by atoms with Crippen molar-refractivity contribution < 1.29 is 0 Å². The first-order valence-corrected chi connectivity index (χ1v) is 7.47. The molecule has 92 valence electrons. The molecule has 4 rings (SSSR count). The maximum atomic E-state index is 6.91. The lowest BCUT2D eigenvalue weighted by Gasteiger charge is -2.64. The van der Waals surface area contributed by atoms with Crippen LogP contribution in [0.25, 0.3) is 0 Å². The van der Waals surface area contributed by atoms with Crippen LogP contribution in [0.15, 0.2) is 0 Å². The van der Waals surface area contributed by atoms with Gasteiger partial charge in [-0.15, -0.1) is 0 Å². The Balaban J connectivity index is 1.92. The van der Waals surface area contributed by atoms with Gasteiger partial charge in [0, 0.05) is 5.54 Å². The monoisotopic (exact) mass is 221 g/mol. The maximum Gasteiger partial charge on any atom is 0.0219 e. The molecular weight excluding hydrogens is 194 g/mol. The number of rotatable bonds is 3. The molecule has 0 aromatic heterocycles. The third kappa shape index (κ3) is 1.33. The summed E-state index contributed by atoms with van der Waals surface area (Å²) in [5.41, 5.74) is 7.14. The van der Waals surface area contributed by atoms with Crippen LogP contribution in [-0.4, -0.2) is 5.54 Å². The molecule has 1 heteroatoms. The van der Waals surface area contributed by atoms with E-state index in [1.807, 2.05) is 0 Å². The Morgan fingerprint density at radius 3 is 2.38 bits per heavy atom. The molecule has 6 atom stereocenters. The lowest BCUT2D eigenvalue weighted by Crippen LogP contribution is -2.67. The first kappa shape index (κ1) is 11.1. The van der Waals surface area contributed by atoms with E-state index >= 15 is 0 Å². The molecule has 4 bridgehead atoms. The van der Waals surface area contributed by atoms with Crippen molar-refractivity contribution in [1.29, 1.82) is 0 Å². The van der Waals surface area contributed by atoms with E-state index in [-0.39, 0.29) is 5.54 Å². The quantitative estimate of drug-likeness (QED) is 0.774. The van der Waals surface area contributed by atoms with Crippen molar-refractivity contribution >= 4 is 0 Å². The summed E-state index contributed by atoms with van der Waals surface area (Å²) >= 11 is 0. The summed E-state index contributed by atoms with van der Waals surface area (Å²) in [6, 6.07) is 0. The summed E-state index contributed by atoms with van der Waals surface area (Å²) in [7, 11) is 0. The third-order valence-corrected chi connectivity index (χ3v) is 6.08. The van der Waals surface area contributed by atoms with Crippen LogP contribution < -0.4 is 5.73 Å². The fourth-order valence-corrected chi connectivity index (χ4v) is 5.84. The van der Waals surface area contributed by atoms with Crippen LogP contribution in [0.2, 0.25) is 0 Å². The average molecular weight is 221 g/mol. The van der Waals surface area contributed by atoms with Crippen LogP contribution in [-0.2, 0) is 0 Å². The molecule has 0 saturated heterocycles. The van der Waals surface area contributed by atoms with Gasteiger partial charge in [-0.2, -0.15) is 0 Å². The smallest absolute Gasteiger partial charge is 0.0219 e.